The van der Waals surface area contributed by atoms with Crippen LogP contribution in [-0.2, 0) is 0 Å². The van der Waals surface area contributed by atoms with Gasteiger partial charge in [0.15, 0.2) is 11.6 Å². The van der Waals surface area contributed by atoms with Crippen LogP contribution in [0.2, 0.25) is 0 Å². The molecule has 0 spiro atoms. The first-order valence-electron chi connectivity index (χ1n) is 7.86. The summed E-state index contributed by atoms with van der Waals surface area (Å²) in [5, 5.41) is 18.9. The maximum Gasteiger partial charge on any atom is 0.165 e. The summed E-state index contributed by atoms with van der Waals surface area (Å²) in [5.74, 6) is -0.0414. The van der Waals surface area contributed by atoms with Crippen LogP contribution in [0.15, 0.2) is 18.2 Å². The second kappa shape index (κ2) is 9.77. The third kappa shape index (κ3) is 7.73. The molecule has 126 valence electrons. The van der Waals surface area contributed by atoms with Gasteiger partial charge in [-0.15, -0.1) is 0 Å². The van der Waals surface area contributed by atoms with Gasteiger partial charge < -0.3 is 14.9 Å². The van der Waals surface area contributed by atoms with E-state index >= 15 is 0 Å². The molecule has 0 heterocycles. The SMILES string of the molecule is Cc1ccc(F)c(OCCCCN(CC(C)O)CC(C)O)c1. The van der Waals surface area contributed by atoms with E-state index in [0.717, 1.165) is 24.9 Å². The lowest BCUT2D eigenvalue weighted by molar-refractivity contribution is 0.0818. The summed E-state index contributed by atoms with van der Waals surface area (Å²) in [6, 6.07) is 4.83. The Labute approximate surface area is 132 Å². The number of aliphatic hydroxyl groups is 2. The number of aliphatic hydroxyl groups excluding tert-OH is 2. The largest absolute Gasteiger partial charge is 0.491 e. The number of hydrogen-bond acceptors (Lipinski definition) is 4. The van der Waals surface area contributed by atoms with Gasteiger partial charge in [0, 0.05) is 13.1 Å². The summed E-state index contributed by atoms with van der Waals surface area (Å²) < 4.78 is 19.0. The number of ether oxygens (including phenoxy) is 1. The Bertz CT molecular complexity index is 428. The molecule has 2 atom stereocenters. The highest BCUT2D eigenvalue weighted by Gasteiger charge is 2.10. The van der Waals surface area contributed by atoms with E-state index < -0.39 is 12.2 Å². The van der Waals surface area contributed by atoms with Gasteiger partial charge >= 0.3 is 0 Å². The topological polar surface area (TPSA) is 52.9 Å². The molecule has 0 saturated heterocycles. The number of rotatable bonds is 10. The lowest BCUT2D eigenvalue weighted by Gasteiger charge is -2.24. The zero-order chi connectivity index (χ0) is 16.5. The fraction of sp³-hybridized carbons (Fsp3) is 0.647. The van der Waals surface area contributed by atoms with Crippen LogP contribution in [0.5, 0.6) is 5.75 Å². The Morgan fingerprint density at radius 3 is 2.36 bits per heavy atom. The predicted molar refractivity (Wildman–Crippen MR) is 85.7 cm³/mol. The Kier molecular flexibility index (Phi) is 8.38. The number of nitrogens with zero attached hydrogens (tertiary/aromatic N) is 1. The van der Waals surface area contributed by atoms with E-state index in [4.69, 9.17) is 4.74 Å². The number of hydrogen-bond donors (Lipinski definition) is 2. The number of unbranched alkanes of at least 4 members (excludes halogenated alkanes) is 1. The lowest BCUT2D eigenvalue weighted by atomic mass is 10.2. The molecule has 2 unspecified atom stereocenters. The van der Waals surface area contributed by atoms with Gasteiger partial charge in [-0.05, 0) is 57.9 Å². The first-order valence-corrected chi connectivity index (χ1v) is 7.86. The van der Waals surface area contributed by atoms with Crippen molar-refractivity contribution in [3.8, 4) is 5.75 Å². The molecular weight excluding hydrogens is 285 g/mol. The zero-order valence-electron chi connectivity index (χ0n) is 13.8. The summed E-state index contributed by atoms with van der Waals surface area (Å²) in [6.45, 7) is 7.68. The number of benzene rings is 1. The van der Waals surface area contributed by atoms with Crippen molar-refractivity contribution >= 4 is 0 Å². The van der Waals surface area contributed by atoms with Crippen LogP contribution in [0.3, 0.4) is 0 Å². The summed E-state index contributed by atoms with van der Waals surface area (Å²) in [5.41, 5.74) is 0.969. The smallest absolute Gasteiger partial charge is 0.165 e. The molecule has 1 rings (SSSR count). The molecule has 0 aromatic heterocycles. The van der Waals surface area contributed by atoms with Crippen LogP contribution >= 0.6 is 0 Å². The highest BCUT2D eigenvalue weighted by Crippen LogP contribution is 2.18. The molecule has 0 bridgehead atoms. The molecule has 0 radical (unpaired) electrons. The van der Waals surface area contributed by atoms with Gasteiger partial charge in [0.25, 0.3) is 0 Å². The standard InChI is InChI=1S/C17H28FNO3/c1-13-6-7-16(18)17(10-13)22-9-5-4-8-19(11-14(2)20)12-15(3)21/h6-7,10,14-15,20-21H,4-5,8-9,11-12H2,1-3H3. The lowest BCUT2D eigenvalue weighted by Crippen LogP contribution is -2.37. The summed E-state index contributed by atoms with van der Waals surface area (Å²) in [7, 11) is 0. The van der Waals surface area contributed by atoms with Crippen LogP contribution in [0.25, 0.3) is 0 Å². The molecule has 4 nitrogen and oxygen atoms in total. The Hall–Kier alpha value is -1.17. The van der Waals surface area contributed by atoms with E-state index in [-0.39, 0.29) is 5.82 Å². The summed E-state index contributed by atoms with van der Waals surface area (Å²) in [6.07, 6.45) is 0.823. The molecule has 1 aromatic rings. The van der Waals surface area contributed by atoms with Crippen molar-refractivity contribution in [1.82, 2.24) is 4.90 Å². The van der Waals surface area contributed by atoms with E-state index in [2.05, 4.69) is 0 Å². The minimum atomic E-state index is -0.420. The maximum atomic E-state index is 13.5. The first kappa shape index (κ1) is 18.9. The van der Waals surface area contributed by atoms with Gasteiger partial charge in [0.1, 0.15) is 0 Å². The Balaban J connectivity index is 2.29. The van der Waals surface area contributed by atoms with Crippen LogP contribution in [0, 0.1) is 12.7 Å². The molecule has 5 heteroatoms. The first-order chi connectivity index (χ1) is 10.4. The summed E-state index contributed by atoms with van der Waals surface area (Å²) >= 11 is 0. The van der Waals surface area contributed by atoms with E-state index in [0.29, 0.717) is 25.4 Å². The van der Waals surface area contributed by atoms with Crippen molar-refractivity contribution in [3.63, 3.8) is 0 Å². The van der Waals surface area contributed by atoms with E-state index in [1.807, 2.05) is 11.8 Å². The van der Waals surface area contributed by atoms with Crippen LogP contribution in [-0.4, -0.2) is 53.6 Å². The van der Waals surface area contributed by atoms with Gasteiger partial charge in [0.05, 0.1) is 18.8 Å². The predicted octanol–water partition coefficient (Wildman–Crippen LogP) is 2.36. The molecule has 0 aliphatic heterocycles. The number of halogens is 1. The Morgan fingerprint density at radius 1 is 1.14 bits per heavy atom. The monoisotopic (exact) mass is 313 g/mol. The highest BCUT2D eigenvalue weighted by atomic mass is 19.1. The van der Waals surface area contributed by atoms with Crippen molar-refractivity contribution in [2.24, 2.45) is 0 Å². The van der Waals surface area contributed by atoms with Crippen molar-refractivity contribution in [1.29, 1.82) is 0 Å². The van der Waals surface area contributed by atoms with Crippen molar-refractivity contribution in [2.45, 2.75) is 45.8 Å². The van der Waals surface area contributed by atoms with Crippen molar-refractivity contribution < 1.29 is 19.3 Å². The zero-order valence-corrected chi connectivity index (χ0v) is 13.8. The molecule has 1 aromatic carbocycles. The van der Waals surface area contributed by atoms with Gasteiger partial charge in [-0.2, -0.15) is 0 Å². The second-order valence-corrected chi connectivity index (χ2v) is 5.95. The molecule has 0 saturated carbocycles. The van der Waals surface area contributed by atoms with E-state index in [1.165, 1.54) is 6.07 Å². The van der Waals surface area contributed by atoms with Crippen LogP contribution in [0.1, 0.15) is 32.3 Å². The van der Waals surface area contributed by atoms with E-state index in [1.54, 1.807) is 26.0 Å². The van der Waals surface area contributed by atoms with Crippen LogP contribution < -0.4 is 4.74 Å². The van der Waals surface area contributed by atoms with Crippen molar-refractivity contribution in [2.75, 3.05) is 26.2 Å². The van der Waals surface area contributed by atoms with Crippen LogP contribution in [0.4, 0.5) is 4.39 Å². The highest BCUT2D eigenvalue weighted by molar-refractivity contribution is 5.29. The summed E-state index contributed by atoms with van der Waals surface area (Å²) in [4.78, 5) is 2.03. The molecule has 0 aliphatic rings. The fourth-order valence-electron chi connectivity index (χ4n) is 2.35. The fourth-order valence-corrected chi connectivity index (χ4v) is 2.35. The van der Waals surface area contributed by atoms with Gasteiger partial charge in [0.2, 0.25) is 0 Å². The molecule has 0 fully saturated rings. The Morgan fingerprint density at radius 2 is 1.77 bits per heavy atom. The van der Waals surface area contributed by atoms with Crippen molar-refractivity contribution in [3.05, 3.63) is 29.6 Å². The quantitative estimate of drug-likeness (QED) is 0.651. The van der Waals surface area contributed by atoms with Gasteiger partial charge in [-0.1, -0.05) is 6.07 Å². The molecular formula is C17H28FNO3. The van der Waals surface area contributed by atoms with Gasteiger partial charge in [-0.25, -0.2) is 4.39 Å². The third-order valence-electron chi connectivity index (χ3n) is 3.26. The minimum absolute atomic E-state index is 0.296. The normalized spacial score (nSPS) is 14.1. The minimum Gasteiger partial charge on any atom is -0.491 e. The molecule has 22 heavy (non-hydrogen) atoms. The van der Waals surface area contributed by atoms with Gasteiger partial charge in [-0.3, -0.25) is 4.90 Å². The average Bonchev–Trinajstić information content (AvgIpc) is 2.40. The molecule has 2 N–H and O–H groups in total. The third-order valence-corrected chi connectivity index (χ3v) is 3.26. The maximum absolute atomic E-state index is 13.5. The second-order valence-electron chi connectivity index (χ2n) is 5.95. The molecule has 0 aliphatic carbocycles. The average molecular weight is 313 g/mol. The number of aryl methyl sites for hydroxylation is 1. The van der Waals surface area contributed by atoms with E-state index in [9.17, 15) is 14.6 Å². The molecule has 0 amide bonds.